The van der Waals surface area contributed by atoms with Crippen molar-refractivity contribution in [1.29, 1.82) is 0 Å². The second kappa shape index (κ2) is 7.68. The van der Waals surface area contributed by atoms with E-state index in [1.807, 2.05) is 30.3 Å². The number of ether oxygens (including phenoxy) is 2. The lowest BCUT2D eigenvalue weighted by Gasteiger charge is -2.22. The average Bonchev–Trinajstić information content (AvgIpc) is 3.16. The number of imidazole rings is 1. The molecule has 2 heterocycles. The summed E-state index contributed by atoms with van der Waals surface area (Å²) < 4.78 is 12.9. The number of fused-ring (bicyclic) bond motifs is 1. The molecule has 10 heteroatoms. The number of hydrogen-bond donors (Lipinski definition) is 0. The predicted molar refractivity (Wildman–Crippen MR) is 101 cm³/mol. The predicted octanol–water partition coefficient (Wildman–Crippen LogP) is 3.34. The second-order valence-corrected chi connectivity index (χ2v) is 6.54. The zero-order chi connectivity index (χ0) is 20.4. The van der Waals surface area contributed by atoms with E-state index in [9.17, 15) is 20.2 Å². The Kier molecular flexibility index (Phi) is 4.92. The zero-order valence-electron chi connectivity index (χ0n) is 15.1. The van der Waals surface area contributed by atoms with Gasteiger partial charge in [-0.15, -0.1) is 0 Å². The molecular weight excluding hydrogens is 380 g/mol. The summed E-state index contributed by atoms with van der Waals surface area (Å²) in [5, 5.41) is 21.7. The van der Waals surface area contributed by atoms with Crippen LogP contribution in [-0.4, -0.2) is 32.1 Å². The maximum Gasteiger partial charge on any atom is 0.414 e. The molecule has 1 aliphatic rings. The molecule has 0 aliphatic carbocycles. The summed E-state index contributed by atoms with van der Waals surface area (Å²) in [4.78, 5) is 24.6. The smallest absolute Gasteiger partial charge is 0.414 e. The van der Waals surface area contributed by atoms with Gasteiger partial charge >= 0.3 is 11.8 Å². The molecule has 1 aliphatic heterocycles. The van der Waals surface area contributed by atoms with Crippen LogP contribution in [0.25, 0.3) is 11.1 Å². The van der Waals surface area contributed by atoms with Crippen molar-refractivity contribution < 1.29 is 19.3 Å². The first-order valence-electron chi connectivity index (χ1n) is 8.79. The van der Waals surface area contributed by atoms with Crippen molar-refractivity contribution in [2.24, 2.45) is 0 Å². The van der Waals surface area contributed by atoms with Gasteiger partial charge in [-0.25, -0.2) is 0 Å². The molecule has 1 atom stereocenters. The first-order chi connectivity index (χ1) is 14.0. The van der Waals surface area contributed by atoms with E-state index in [2.05, 4.69) is 4.98 Å². The monoisotopic (exact) mass is 396 g/mol. The van der Waals surface area contributed by atoms with Gasteiger partial charge in [0.05, 0.1) is 18.1 Å². The SMILES string of the molecule is O=[N+]([O-])c1cccc(-c2ccc(CO[C@@H]3COc4nc([N+](=O)[O-])cn4C3)cc2)c1. The van der Waals surface area contributed by atoms with Crippen molar-refractivity contribution in [2.45, 2.75) is 19.3 Å². The molecular formula is C19H16N4O6. The Labute approximate surface area is 164 Å². The fourth-order valence-electron chi connectivity index (χ4n) is 3.07. The van der Waals surface area contributed by atoms with Crippen molar-refractivity contribution >= 4 is 11.5 Å². The molecule has 2 aromatic carbocycles. The van der Waals surface area contributed by atoms with Gasteiger partial charge in [-0.05, 0) is 21.6 Å². The van der Waals surface area contributed by atoms with E-state index in [-0.39, 0.29) is 30.2 Å². The quantitative estimate of drug-likeness (QED) is 0.462. The lowest BCUT2D eigenvalue weighted by Crippen LogP contribution is -2.32. The Morgan fingerprint density at radius 1 is 1.10 bits per heavy atom. The molecule has 0 saturated heterocycles. The van der Waals surface area contributed by atoms with Crippen LogP contribution in [0.5, 0.6) is 6.01 Å². The third-order valence-corrected chi connectivity index (χ3v) is 4.54. The standard InChI is InChI=1S/C19H16N4O6/c24-22(25)16-3-1-2-15(8-16)14-6-4-13(5-7-14)11-28-17-9-21-10-18(23(26)27)20-19(21)29-12-17/h1-8,10,17H,9,11-12H2/t17-/m0/s1. The molecule has 3 aromatic rings. The summed E-state index contributed by atoms with van der Waals surface area (Å²) in [6.07, 6.45) is 1.08. The van der Waals surface area contributed by atoms with Crippen LogP contribution < -0.4 is 4.74 Å². The van der Waals surface area contributed by atoms with Gasteiger partial charge in [0.25, 0.3) is 5.69 Å². The average molecular weight is 396 g/mol. The normalized spacial score (nSPS) is 15.4. The molecule has 0 radical (unpaired) electrons. The Hall–Kier alpha value is -3.79. The third kappa shape index (κ3) is 4.06. The van der Waals surface area contributed by atoms with E-state index in [0.717, 1.165) is 16.7 Å². The van der Waals surface area contributed by atoms with Gasteiger partial charge in [0.2, 0.25) is 0 Å². The van der Waals surface area contributed by atoms with Crippen LogP contribution in [0.3, 0.4) is 0 Å². The van der Waals surface area contributed by atoms with Gasteiger partial charge < -0.3 is 19.6 Å². The molecule has 1 aromatic heterocycles. The Balaban J connectivity index is 1.38. The Bertz CT molecular complexity index is 1060. The molecule has 10 nitrogen and oxygen atoms in total. The topological polar surface area (TPSA) is 123 Å². The fraction of sp³-hybridized carbons (Fsp3) is 0.211. The maximum atomic E-state index is 10.9. The Morgan fingerprint density at radius 3 is 2.62 bits per heavy atom. The van der Waals surface area contributed by atoms with E-state index in [1.165, 1.54) is 18.3 Å². The highest BCUT2D eigenvalue weighted by Crippen LogP contribution is 2.25. The van der Waals surface area contributed by atoms with Crippen molar-refractivity contribution in [3.8, 4) is 17.1 Å². The minimum absolute atomic E-state index is 0.0475. The Morgan fingerprint density at radius 2 is 1.90 bits per heavy atom. The first kappa shape index (κ1) is 18.6. The second-order valence-electron chi connectivity index (χ2n) is 6.54. The van der Waals surface area contributed by atoms with Crippen molar-refractivity contribution in [3.05, 3.63) is 80.5 Å². The number of aromatic nitrogens is 2. The van der Waals surface area contributed by atoms with E-state index in [4.69, 9.17) is 9.47 Å². The third-order valence-electron chi connectivity index (χ3n) is 4.54. The number of nitro groups is 2. The van der Waals surface area contributed by atoms with Gasteiger partial charge in [-0.2, -0.15) is 0 Å². The van der Waals surface area contributed by atoms with E-state index in [0.29, 0.717) is 13.2 Å². The first-order valence-corrected chi connectivity index (χ1v) is 8.79. The van der Waals surface area contributed by atoms with E-state index >= 15 is 0 Å². The number of rotatable bonds is 6. The van der Waals surface area contributed by atoms with Crippen LogP contribution in [0.4, 0.5) is 11.5 Å². The molecule has 0 fully saturated rings. The van der Waals surface area contributed by atoms with Crippen LogP contribution >= 0.6 is 0 Å². The number of non-ortho nitro benzene ring substituents is 1. The van der Waals surface area contributed by atoms with Gasteiger partial charge in [-0.1, -0.05) is 36.4 Å². The summed E-state index contributed by atoms with van der Waals surface area (Å²) in [6, 6.07) is 14.2. The van der Waals surface area contributed by atoms with Crippen molar-refractivity contribution in [2.75, 3.05) is 6.61 Å². The van der Waals surface area contributed by atoms with E-state index < -0.39 is 9.85 Å². The summed E-state index contributed by atoms with van der Waals surface area (Å²) >= 11 is 0. The summed E-state index contributed by atoms with van der Waals surface area (Å²) in [6.45, 7) is 1.03. The summed E-state index contributed by atoms with van der Waals surface area (Å²) in [7, 11) is 0. The van der Waals surface area contributed by atoms with Crippen LogP contribution in [0.15, 0.2) is 54.7 Å². The maximum absolute atomic E-state index is 10.9. The molecule has 0 N–H and O–H groups in total. The molecule has 0 saturated carbocycles. The zero-order valence-corrected chi connectivity index (χ0v) is 15.1. The van der Waals surface area contributed by atoms with Crippen molar-refractivity contribution in [1.82, 2.24) is 9.55 Å². The minimum Gasteiger partial charge on any atom is -0.443 e. The van der Waals surface area contributed by atoms with Crippen LogP contribution in [0.1, 0.15) is 5.56 Å². The highest BCUT2D eigenvalue weighted by Gasteiger charge is 2.28. The van der Waals surface area contributed by atoms with Gasteiger partial charge in [0.1, 0.15) is 18.9 Å². The van der Waals surface area contributed by atoms with Crippen LogP contribution in [0.2, 0.25) is 0 Å². The fourth-order valence-corrected chi connectivity index (χ4v) is 3.07. The number of hydrogen-bond acceptors (Lipinski definition) is 7. The molecule has 148 valence electrons. The molecule has 0 spiro atoms. The van der Waals surface area contributed by atoms with Gasteiger partial charge in [0, 0.05) is 17.1 Å². The lowest BCUT2D eigenvalue weighted by atomic mass is 10.0. The number of nitro benzene ring substituents is 1. The van der Waals surface area contributed by atoms with Gasteiger partial charge in [-0.3, -0.25) is 14.7 Å². The molecule has 4 rings (SSSR count). The van der Waals surface area contributed by atoms with Crippen molar-refractivity contribution in [3.63, 3.8) is 0 Å². The molecule has 29 heavy (non-hydrogen) atoms. The van der Waals surface area contributed by atoms with Crippen LogP contribution in [-0.2, 0) is 17.9 Å². The highest BCUT2D eigenvalue weighted by molar-refractivity contribution is 5.66. The summed E-state index contributed by atoms with van der Waals surface area (Å²) in [5.74, 6) is -0.252. The largest absolute Gasteiger partial charge is 0.443 e. The lowest BCUT2D eigenvalue weighted by molar-refractivity contribution is -0.389. The molecule has 0 unspecified atom stereocenters. The van der Waals surface area contributed by atoms with Crippen LogP contribution in [0, 0.1) is 20.2 Å². The van der Waals surface area contributed by atoms with E-state index in [1.54, 1.807) is 10.6 Å². The summed E-state index contributed by atoms with van der Waals surface area (Å²) in [5.41, 5.74) is 2.61. The molecule has 0 amide bonds. The van der Waals surface area contributed by atoms with Gasteiger partial charge in [0.15, 0.2) is 0 Å². The number of benzene rings is 2. The minimum atomic E-state index is -0.562. The highest BCUT2D eigenvalue weighted by atomic mass is 16.6. The number of nitrogens with zero attached hydrogens (tertiary/aromatic N) is 4. The molecule has 0 bridgehead atoms.